The molecule has 102 valence electrons. The molecule has 8 heteroatoms. The summed E-state index contributed by atoms with van der Waals surface area (Å²) < 4.78 is 36.8. The van der Waals surface area contributed by atoms with Crippen molar-refractivity contribution in [3.8, 4) is 11.4 Å². The van der Waals surface area contributed by atoms with Gasteiger partial charge in [-0.15, -0.1) is 0 Å². The van der Waals surface area contributed by atoms with Gasteiger partial charge in [-0.3, -0.25) is 8.89 Å². The molecule has 0 radical (unpaired) electrons. The van der Waals surface area contributed by atoms with Crippen LogP contribution in [0, 0.1) is 12.7 Å². The van der Waals surface area contributed by atoms with Crippen LogP contribution in [0.3, 0.4) is 0 Å². The van der Waals surface area contributed by atoms with Crippen LogP contribution in [-0.4, -0.2) is 23.5 Å². The normalized spacial score (nSPS) is 12.7. The summed E-state index contributed by atoms with van der Waals surface area (Å²) in [6.45, 7) is 1.68. The van der Waals surface area contributed by atoms with E-state index in [0.29, 0.717) is 17.0 Å². The average molecular weight is 303 g/mol. The molecule has 0 saturated heterocycles. The molecule has 5 nitrogen and oxygen atoms in total. The second-order valence-electron chi connectivity index (χ2n) is 3.98. The van der Waals surface area contributed by atoms with Crippen molar-refractivity contribution in [1.82, 2.24) is 14.8 Å². The van der Waals surface area contributed by atoms with Gasteiger partial charge in [-0.1, -0.05) is 11.6 Å². The fourth-order valence-corrected chi connectivity index (χ4v) is 2.56. The molecule has 2 rings (SSSR count). The van der Waals surface area contributed by atoms with Crippen LogP contribution in [0.4, 0.5) is 4.39 Å². The molecule has 0 aliphatic heterocycles. The van der Waals surface area contributed by atoms with Gasteiger partial charge in [-0.05, 0) is 24.1 Å². The summed E-state index contributed by atoms with van der Waals surface area (Å²) in [5.41, 5.74) is 1.46. The minimum atomic E-state index is -2.24. The molecule has 0 spiro atoms. The highest BCUT2D eigenvalue weighted by Gasteiger charge is 2.18. The third-order valence-corrected chi connectivity index (χ3v) is 3.43. The average Bonchev–Trinajstić information content (AvgIpc) is 2.57. The van der Waals surface area contributed by atoms with Crippen LogP contribution in [0.15, 0.2) is 12.3 Å². The first-order chi connectivity index (χ1) is 8.90. The largest absolute Gasteiger partial charge is 0.772 e. The van der Waals surface area contributed by atoms with Gasteiger partial charge in [0.2, 0.25) is 0 Å². The van der Waals surface area contributed by atoms with Crippen molar-refractivity contribution in [2.75, 3.05) is 0 Å². The number of hydrogen-bond acceptors (Lipinski definition) is 4. The lowest BCUT2D eigenvalue weighted by Crippen LogP contribution is -2.03. The van der Waals surface area contributed by atoms with Crippen molar-refractivity contribution in [2.24, 2.45) is 7.05 Å². The predicted molar refractivity (Wildman–Crippen MR) is 68.8 cm³/mol. The Balaban J connectivity index is 2.54. The highest BCUT2D eigenvalue weighted by molar-refractivity contribution is 7.78. The lowest BCUT2D eigenvalue weighted by molar-refractivity contribution is 0.533. The lowest BCUT2D eigenvalue weighted by Gasteiger charge is -2.06. The van der Waals surface area contributed by atoms with Crippen molar-refractivity contribution in [3.05, 3.63) is 34.4 Å². The minimum Gasteiger partial charge on any atom is -0.772 e. The molecular weight excluding hydrogens is 293 g/mol. The van der Waals surface area contributed by atoms with Gasteiger partial charge in [0.25, 0.3) is 0 Å². The molecule has 2 aromatic heterocycles. The maximum atomic E-state index is 13.8. The van der Waals surface area contributed by atoms with Crippen molar-refractivity contribution >= 4 is 22.7 Å². The molecule has 0 fully saturated rings. The number of hydrogen-bond donors (Lipinski definition) is 0. The third-order valence-electron chi connectivity index (χ3n) is 2.72. The smallest absolute Gasteiger partial charge is 0.152 e. The van der Waals surface area contributed by atoms with Crippen LogP contribution in [-0.2, 0) is 23.9 Å². The second kappa shape index (κ2) is 5.36. The maximum absolute atomic E-state index is 13.8. The fraction of sp³-hybridized carbons (Fsp3) is 0.273. The third kappa shape index (κ3) is 2.83. The SMILES string of the molecule is Cc1c(-c2ncc(Cl)cc2F)nn(C)c1CS(=O)[O-]. The van der Waals surface area contributed by atoms with Crippen molar-refractivity contribution in [3.63, 3.8) is 0 Å². The van der Waals surface area contributed by atoms with Crippen molar-refractivity contribution < 1.29 is 13.2 Å². The first kappa shape index (κ1) is 14.1. The van der Waals surface area contributed by atoms with Crippen LogP contribution in [0.25, 0.3) is 11.4 Å². The number of aryl methyl sites for hydroxylation is 1. The first-order valence-corrected chi connectivity index (χ1v) is 6.92. The van der Waals surface area contributed by atoms with E-state index in [1.54, 1.807) is 14.0 Å². The van der Waals surface area contributed by atoms with Gasteiger partial charge < -0.3 is 4.55 Å². The zero-order valence-electron chi connectivity index (χ0n) is 10.2. The molecule has 1 unspecified atom stereocenters. The van der Waals surface area contributed by atoms with Crippen LogP contribution >= 0.6 is 11.6 Å². The van der Waals surface area contributed by atoms with Crippen LogP contribution in [0.1, 0.15) is 11.3 Å². The summed E-state index contributed by atoms with van der Waals surface area (Å²) in [6.07, 6.45) is 1.32. The highest BCUT2D eigenvalue weighted by atomic mass is 35.5. The molecule has 0 saturated carbocycles. The molecule has 0 bridgehead atoms. The molecule has 0 N–H and O–H groups in total. The monoisotopic (exact) mass is 302 g/mol. The summed E-state index contributed by atoms with van der Waals surface area (Å²) in [6, 6.07) is 1.14. The van der Waals surface area contributed by atoms with Crippen molar-refractivity contribution in [2.45, 2.75) is 12.7 Å². The zero-order valence-corrected chi connectivity index (χ0v) is 11.8. The van der Waals surface area contributed by atoms with Crippen LogP contribution < -0.4 is 0 Å². The summed E-state index contributed by atoms with van der Waals surface area (Å²) >= 11 is 3.40. The molecule has 19 heavy (non-hydrogen) atoms. The minimum absolute atomic E-state index is 0.0560. The number of pyridine rings is 1. The summed E-state index contributed by atoms with van der Waals surface area (Å²) in [7, 11) is 1.60. The van der Waals surface area contributed by atoms with Gasteiger partial charge in [0.1, 0.15) is 11.4 Å². The van der Waals surface area contributed by atoms with E-state index in [0.717, 1.165) is 6.07 Å². The number of aromatic nitrogens is 3. The van der Waals surface area contributed by atoms with E-state index < -0.39 is 16.9 Å². The van der Waals surface area contributed by atoms with Crippen LogP contribution in [0.2, 0.25) is 5.02 Å². The Morgan fingerprint density at radius 1 is 1.53 bits per heavy atom. The van der Waals surface area contributed by atoms with E-state index in [9.17, 15) is 13.2 Å². The Hall–Kier alpha value is -1.31. The Kier molecular flexibility index (Phi) is 3.98. The molecule has 0 aromatic carbocycles. The molecule has 0 amide bonds. The van der Waals surface area contributed by atoms with E-state index in [-0.39, 0.29) is 16.5 Å². The Labute approximate surface area is 116 Å². The van der Waals surface area contributed by atoms with Gasteiger partial charge in [0.05, 0.1) is 16.5 Å². The van der Waals surface area contributed by atoms with Gasteiger partial charge in [-0.25, -0.2) is 9.37 Å². The van der Waals surface area contributed by atoms with Gasteiger partial charge in [0.15, 0.2) is 5.82 Å². The van der Waals surface area contributed by atoms with E-state index in [4.69, 9.17) is 11.6 Å². The zero-order chi connectivity index (χ0) is 14.2. The molecule has 0 aliphatic rings. The predicted octanol–water partition coefficient (Wildman–Crippen LogP) is 1.96. The molecule has 2 aromatic rings. The fourth-order valence-electron chi connectivity index (χ4n) is 1.79. The molecule has 0 aliphatic carbocycles. The van der Waals surface area contributed by atoms with Gasteiger partial charge in [0, 0.05) is 18.8 Å². The Bertz CT molecular complexity index is 660. The Morgan fingerprint density at radius 3 is 2.79 bits per heavy atom. The quantitative estimate of drug-likeness (QED) is 0.813. The lowest BCUT2D eigenvalue weighted by atomic mass is 10.1. The maximum Gasteiger partial charge on any atom is 0.152 e. The standard InChI is InChI=1S/C11H11ClFN3O2S/c1-6-9(5-19(17)18)16(2)15-10(6)11-8(13)3-7(12)4-14-11/h3-4H,5H2,1-2H3,(H,17,18)/p-1. The van der Waals surface area contributed by atoms with Gasteiger partial charge in [-0.2, -0.15) is 5.10 Å². The second-order valence-corrected chi connectivity index (χ2v) is 5.31. The first-order valence-electron chi connectivity index (χ1n) is 5.30. The van der Waals surface area contributed by atoms with Crippen LogP contribution in [0.5, 0.6) is 0 Å². The van der Waals surface area contributed by atoms with E-state index in [2.05, 4.69) is 10.1 Å². The van der Waals surface area contributed by atoms with E-state index >= 15 is 0 Å². The molecule has 2 heterocycles. The van der Waals surface area contributed by atoms with Crippen molar-refractivity contribution in [1.29, 1.82) is 0 Å². The Morgan fingerprint density at radius 2 is 2.21 bits per heavy atom. The van der Waals surface area contributed by atoms with E-state index in [1.807, 2.05) is 0 Å². The molecular formula is C11H10ClFN3O2S-. The summed E-state index contributed by atoms with van der Waals surface area (Å²) in [5.74, 6) is -0.770. The topological polar surface area (TPSA) is 70.8 Å². The summed E-state index contributed by atoms with van der Waals surface area (Å²) in [5, 5.41) is 4.31. The number of rotatable bonds is 3. The highest BCUT2D eigenvalue weighted by Crippen LogP contribution is 2.26. The number of nitrogens with zero attached hydrogens (tertiary/aromatic N) is 3. The van der Waals surface area contributed by atoms with Gasteiger partial charge >= 0.3 is 0 Å². The van der Waals surface area contributed by atoms with E-state index in [1.165, 1.54) is 10.9 Å². The summed E-state index contributed by atoms with van der Waals surface area (Å²) in [4.78, 5) is 3.91. The molecule has 1 atom stereocenters. The number of halogens is 2.